The van der Waals surface area contributed by atoms with Gasteiger partial charge in [-0.1, -0.05) is 24.3 Å². The van der Waals surface area contributed by atoms with Crippen molar-refractivity contribution in [3.63, 3.8) is 0 Å². The molecule has 0 radical (unpaired) electrons. The molecule has 1 aliphatic rings. The number of anilines is 1. The number of aromatic nitrogens is 3. The SMILES string of the molecule is Fc1ccc(CNc2n[nH]c(C3COc4ccccc4O3)n2)cc1. The van der Waals surface area contributed by atoms with Crippen molar-refractivity contribution in [2.75, 3.05) is 11.9 Å². The first-order valence-electron chi connectivity index (χ1n) is 7.57. The first-order chi connectivity index (χ1) is 11.8. The van der Waals surface area contributed by atoms with E-state index in [1.54, 1.807) is 12.1 Å². The van der Waals surface area contributed by atoms with Crippen LogP contribution in [0.2, 0.25) is 0 Å². The Kier molecular flexibility index (Phi) is 3.74. The van der Waals surface area contributed by atoms with Gasteiger partial charge in [0, 0.05) is 6.54 Å². The molecule has 7 heteroatoms. The Morgan fingerprint density at radius 3 is 2.75 bits per heavy atom. The number of fused-ring (bicyclic) bond motifs is 1. The van der Waals surface area contributed by atoms with Crippen molar-refractivity contribution in [1.29, 1.82) is 0 Å². The van der Waals surface area contributed by atoms with Gasteiger partial charge in [0.2, 0.25) is 5.95 Å². The lowest BCUT2D eigenvalue weighted by molar-refractivity contribution is 0.0853. The molecule has 2 aromatic carbocycles. The van der Waals surface area contributed by atoms with Gasteiger partial charge in [0.05, 0.1) is 0 Å². The van der Waals surface area contributed by atoms with Gasteiger partial charge in [-0.3, -0.25) is 5.10 Å². The van der Waals surface area contributed by atoms with E-state index in [2.05, 4.69) is 20.5 Å². The van der Waals surface area contributed by atoms with Crippen molar-refractivity contribution in [2.24, 2.45) is 0 Å². The van der Waals surface area contributed by atoms with Crippen LogP contribution >= 0.6 is 0 Å². The van der Waals surface area contributed by atoms with E-state index in [0.717, 1.165) is 11.3 Å². The highest BCUT2D eigenvalue weighted by molar-refractivity contribution is 5.41. The van der Waals surface area contributed by atoms with E-state index in [9.17, 15) is 4.39 Å². The third-order valence-corrected chi connectivity index (χ3v) is 3.68. The molecule has 6 nitrogen and oxygen atoms in total. The molecule has 1 unspecified atom stereocenters. The molecule has 0 spiro atoms. The van der Waals surface area contributed by atoms with Crippen molar-refractivity contribution in [3.8, 4) is 11.5 Å². The van der Waals surface area contributed by atoms with Crippen molar-refractivity contribution < 1.29 is 13.9 Å². The fraction of sp³-hybridized carbons (Fsp3) is 0.176. The molecule has 0 aliphatic carbocycles. The van der Waals surface area contributed by atoms with Crippen LogP contribution in [0, 0.1) is 5.82 Å². The molecule has 4 rings (SSSR count). The minimum absolute atomic E-state index is 0.256. The van der Waals surface area contributed by atoms with Gasteiger partial charge in [0.25, 0.3) is 0 Å². The first-order valence-corrected chi connectivity index (χ1v) is 7.57. The summed E-state index contributed by atoms with van der Waals surface area (Å²) in [5.74, 6) is 2.20. The highest BCUT2D eigenvalue weighted by Crippen LogP contribution is 2.35. The van der Waals surface area contributed by atoms with Gasteiger partial charge in [0.15, 0.2) is 23.4 Å². The zero-order chi connectivity index (χ0) is 16.4. The van der Waals surface area contributed by atoms with Gasteiger partial charge in [-0.25, -0.2) is 4.39 Å². The number of nitrogens with zero attached hydrogens (tertiary/aromatic N) is 2. The molecule has 1 aromatic heterocycles. The predicted molar refractivity (Wildman–Crippen MR) is 85.4 cm³/mol. The van der Waals surface area contributed by atoms with E-state index in [-0.39, 0.29) is 11.9 Å². The summed E-state index contributed by atoms with van der Waals surface area (Å²) in [5, 5.41) is 10.1. The Morgan fingerprint density at radius 2 is 1.92 bits per heavy atom. The molecule has 1 atom stereocenters. The molecule has 24 heavy (non-hydrogen) atoms. The molecule has 1 aliphatic heterocycles. The molecule has 0 amide bonds. The van der Waals surface area contributed by atoms with Crippen LogP contribution < -0.4 is 14.8 Å². The molecular formula is C17H15FN4O2. The quantitative estimate of drug-likeness (QED) is 0.771. The molecule has 2 N–H and O–H groups in total. The van der Waals surface area contributed by atoms with Crippen molar-refractivity contribution >= 4 is 5.95 Å². The van der Waals surface area contributed by atoms with E-state index in [4.69, 9.17) is 9.47 Å². The molecule has 2 heterocycles. The average molecular weight is 326 g/mol. The van der Waals surface area contributed by atoms with Crippen LogP contribution in [-0.4, -0.2) is 21.8 Å². The zero-order valence-electron chi connectivity index (χ0n) is 12.7. The van der Waals surface area contributed by atoms with Gasteiger partial charge in [-0.05, 0) is 29.8 Å². The van der Waals surface area contributed by atoms with E-state index in [1.807, 2.05) is 24.3 Å². The standard InChI is InChI=1S/C17H15FN4O2/c18-12-7-5-11(6-8-12)9-19-17-20-16(21-22-17)15-10-23-13-3-1-2-4-14(13)24-15/h1-8,15H,9-10H2,(H2,19,20,21,22). The van der Waals surface area contributed by atoms with Gasteiger partial charge < -0.3 is 14.8 Å². The van der Waals surface area contributed by atoms with Crippen LogP contribution in [0.4, 0.5) is 10.3 Å². The monoisotopic (exact) mass is 326 g/mol. The largest absolute Gasteiger partial charge is 0.485 e. The summed E-state index contributed by atoms with van der Waals surface area (Å²) in [6.07, 6.45) is -0.339. The van der Waals surface area contributed by atoms with Crippen LogP contribution in [0.15, 0.2) is 48.5 Å². The number of H-pyrrole nitrogens is 1. The maximum absolute atomic E-state index is 12.9. The van der Waals surface area contributed by atoms with E-state index in [0.29, 0.717) is 30.7 Å². The number of hydrogen-bond acceptors (Lipinski definition) is 5. The summed E-state index contributed by atoms with van der Waals surface area (Å²) in [6, 6.07) is 13.8. The topological polar surface area (TPSA) is 72.1 Å². The Morgan fingerprint density at radius 1 is 1.12 bits per heavy atom. The fourth-order valence-corrected chi connectivity index (χ4v) is 2.44. The van der Waals surface area contributed by atoms with Crippen LogP contribution in [-0.2, 0) is 6.54 Å². The van der Waals surface area contributed by atoms with E-state index < -0.39 is 0 Å². The Labute approximate surface area is 137 Å². The van der Waals surface area contributed by atoms with Crippen LogP contribution in [0.1, 0.15) is 17.5 Å². The van der Waals surface area contributed by atoms with Crippen LogP contribution in [0.25, 0.3) is 0 Å². The molecule has 0 bridgehead atoms. The maximum atomic E-state index is 12.9. The second kappa shape index (κ2) is 6.19. The summed E-state index contributed by atoms with van der Waals surface area (Å²) >= 11 is 0. The summed E-state index contributed by atoms with van der Waals surface area (Å²) in [7, 11) is 0. The smallest absolute Gasteiger partial charge is 0.242 e. The Balaban J connectivity index is 1.41. The summed E-state index contributed by atoms with van der Waals surface area (Å²) < 4.78 is 24.4. The highest BCUT2D eigenvalue weighted by atomic mass is 19.1. The summed E-state index contributed by atoms with van der Waals surface area (Å²) in [5.41, 5.74) is 0.939. The minimum atomic E-state index is -0.339. The third-order valence-electron chi connectivity index (χ3n) is 3.68. The summed E-state index contributed by atoms with van der Waals surface area (Å²) in [6.45, 7) is 0.867. The second-order valence-corrected chi connectivity index (χ2v) is 5.39. The number of para-hydroxylation sites is 2. The normalized spacial score (nSPS) is 16.0. The number of rotatable bonds is 4. The first kappa shape index (κ1) is 14.5. The average Bonchev–Trinajstić information content (AvgIpc) is 3.10. The second-order valence-electron chi connectivity index (χ2n) is 5.39. The predicted octanol–water partition coefficient (Wildman–Crippen LogP) is 3.07. The number of nitrogens with one attached hydrogen (secondary N) is 2. The van der Waals surface area contributed by atoms with Gasteiger partial charge in [-0.15, -0.1) is 5.10 Å². The van der Waals surface area contributed by atoms with Crippen molar-refractivity contribution in [2.45, 2.75) is 12.6 Å². The van der Waals surface area contributed by atoms with Crippen molar-refractivity contribution in [1.82, 2.24) is 15.2 Å². The number of ether oxygens (including phenoxy) is 2. The third kappa shape index (κ3) is 3.01. The van der Waals surface area contributed by atoms with Gasteiger partial charge in [0.1, 0.15) is 12.4 Å². The molecule has 122 valence electrons. The van der Waals surface area contributed by atoms with Crippen LogP contribution in [0.3, 0.4) is 0 Å². The number of hydrogen-bond donors (Lipinski definition) is 2. The summed E-state index contributed by atoms with van der Waals surface area (Å²) in [4.78, 5) is 4.38. The maximum Gasteiger partial charge on any atom is 0.242 e. The lowest BCUT2D eigenvalue weighted by Gasteiger charge is -2.24. The lowest BCUT2D eigenvalue weighted by Crippen LogP contribution is -2.22. The highest BCUT2D eigenvalue weighted by Gasteiger charge is 2.25. The molecular weight excluding hydrogens is 311 g/mol. The number of halogens is 1. The number of aromatic amines is 1. The van der Waals surface area contributed by atoms with Gasteiger partial charge >= 0.3 is 0 Å². The Hall–Kier alpha value is -3.09. The van der Waals surface area contributed by atoms with E-state index >= 15 is 0 Å². The van der Waals surface area contributed by atoms with Crippen LogP contribution in [0.5, 0.6) is 11.5 Å². The van der Waals surface area contributed by atoms with Crippen molar-refractivity contribution in [3.05, 3.63) is 65.7 Å². The Bertz CT molecular complexity index is 835. The van der Waals surface area contributed by atoms with Gasteiger partial charge in [-0.2, -0.15) is 4.98 Å². The fourth-order valence-electron chi connectivity index (χ4n) is 2.44. The zero-order valence-corrected chi connectivity index (χ0v) is 12.7. The lowest BCUT2D eigenvalue weighted by atomic mass is 10.2. The molecule has 0 saturated heterocycles. The number of benzene rings is 2. The minimum Gasteiger partial charge on any atom is -0.485 e. The van der Waals surface area contributed by atoms with E-state index in [1.165, 1.54) is 12.1 Å². The molecule has 0 saturated carbocycles. The molecule has 0 fully saturated rings. The molecule has 3 aromatic rings.